The molecule has 0 aromatic heterocycles. The maximum absolute atomic E-state index is 8.87. The Morgan fingerprint density at radius 3 is 2.79 bits per heavy atom. The molecule has 0 heterocycles. The molecule has 2 bridgehead atoms. The summed E-state index contributed by atoms with van der Waals surface area (Å²) in [4.78, 5) is 0. The molecule has 2 rings (SSSR count). The maximum atomic E-state index is 8.87. The molecule has 2 saturated carbocycles. The van der Waals surface area contributed by atoms with E-state index in [1.54, 1.807) is 0 Å². The van der Waals surface area contributed by atoms with E-state index in [4.69, 9.17) is 5.11 Å². The zero-order valence-corrected chi connectivity index (χ0v) is 9.21. The average Bonchev–Trinajstić information content (AvgIpc) is 2.79. The number of hydrogen-bond acceptors (Lipinski definition) is 2. The van der Waals surface area contributed by atoms with E-state index in [0.717, 1.165) is 24.3 Å². The number of aliphatic hydroxyl groups is 1. The van der Waals surface area contributed by atoms with Crippen molar-refractivity contribution in [3.63, 3.8) is 0 Å². The Balaban J connectivity index is 1.62. The van der Waals surface area contributed by atoms with E-state index in [0.29, 0.717) is 0 Å². The van der Waals surface area contributed by atoms with Crippen molar-refractivity contribution >= 4 is 0 Å². The van der Waals surface area contributed by atoms with Gasteiger partial charge in [-0.05, 0) is 56.9 Å². The Hall–Kier alpha value is -0.0800. The fraction of sp³-hybridized carbons (Fsp3) is 1.00. The third-order valence-electron chi connectivity index (χ3n) is 4.17. The second kappa shape index (κ2) is 4.63. The Kier molecular flexibility index (Phi) is 3.45. The van der Waals surface area contributed by atoms with Gasteiger partial charge in [-0.1, -0.05) is 6.42 Å². The van der Waals surface area contributed by atoms with Crippen LogP contribution in [0.3, 0.4) is 0 Å². The smallest absolute Gasteiger partial charge is 0.0581 e. The van der Waals surface area contributed by atoms with E-state index in [1.165, 1.54) is 32.1 Å². The lowest BCUT2D eigenvalue weighted by Crippen LogP contribution is -2.31. The summed E-state index contributed by atoms with van der Waals surface area (Å²) in [5, 5.41) is 12.2. The molecule has 4 unspecified atom stereocenters. The summed E-state index contributed by atoms with van der Waals surface area (Å²) in [6.07, 6.45) is 7.32. The summed E-state index contributed by atoms with van der Waals surface area (Å²) < 4.78 is 0. The number of nitrogens with one attached hydrogen (secondary N) is 1. The summed E-state index contributed by atoms with van der Waals surface area (Å²) in [6.45, 7) is 3.40. The predicted molar refractivity (Wildman–Crippen MR) is 58.1 cm³/mol. The van der Waals surface area contributed by atoms with Crippen LogP contribution in [-0.4, -0.2) is 24.3 Å². The normalized spacial score (nSPS) is 37.7. The molecule has 2 aliphatic carbocycles. The lowest BCUT2D eigenvalue weighted by molar-refractivity contribution is 0.243. The minimum atomic E-state index is 0.261. The first-order chi connectivity index (χ1) is 6.79. The molecule has 2 aliphatic rings. The zero-order valence-electron chi connectivity index (χ0n) is 9.21. The van der Waals surface area contributed by atoms with Gasteiger partial charge in [0, 0.05) is 6.04 Å². The van der Waals surface area contributed by atoms with Crippen molar-refractivity contribution < 1.29 is 5.11 Å². The fourth-order valence-electron chi connectivity index (χ4n) is 3.31. The van der Waals surface area contributed by atoms with Crippen molar-refractivity contribution in [2.45, 2.75) is 45.1 Å². The standard InChI is InChI=1S/C12H23NO/c1-9(8-14)13-5-4-12-7-10-2-3-11(12)6-10/h9-14H,2-8H2,1H3. The topological polar surface area (TPSA) is 32.3 Å². The Morgan fingerprint density at radius 2 is 2.21 bits per heavy atom. The lowest BCUT2D eigenvalue weighted by Gasteiger charge is -2.22. The molecule has 0 saturated heterocycles. The van der Waals surface area contributed by atoms with Crippen LogP contribution in [0.15, 0.2) is 0 Å². The Morgan fingerprint density at radius 1 is 1.36 bits per heavy atom. The fourth-order valence-corrected chi connectivity index (χ4v) is 3.31. The molecule has 0 aromatic rings. The third kappa shape index (κ3) is 2.29. The minimum Gasteiger partial charge on any atom is -0.395 e. The van der Waals surface area contributed by atoms with Crippen LogP contribution in [0, 0.1) is 17.8 Å². The van der Waals surface area contributed by atoms with Crippen molar-refractivity contribution in [2.24, 2.45) is 17.8 Å². The molecule has 2 N–H and O–H groups in total. The highest BCUT2D eigenvalue weighted by Crippen LogP contribution is 2.49. The molecule has 0 aromatic carbocycles. The second-order valence-corrected chi connectivity index (χ2v) is 5.26. The van der Waals surface area contributed by atoms with Gasteiger partial charge in [-0.15, -0.1) is 0 Å². The van der Waals surface area contributed by atoms with E-state index in [-0.39, 0.29) is 12.6 Å². The van der Waals surface area contributed by atoms with Crippen LogP contribution in [-0.2, 0) is 0 Å². The van der Waals surface area contributed by atoms with Crippen LogP contribution in [0.25, 0.3) is 0 Å². The van der Waals surface area contributed by atoms with Crippen LogP contribution in [0.4, 0.5) is 0 Å². The molecule has 82 valence electrons. The maximum Gasteiger partial charge on any atom is 0.0581 e. The Bertz CT molecular complexity index is 183. The van der Waals surface area contributed by atoms with E-state index in [9.17, 15) is 0 Å². The molecule has 2 nitrogen and oxygen atoms in total. The van der Waals surface area contributed by atoms with Crippen molar-refractivity contribution in [1.29, 1.82) is 0 Å². The van der Waals surface area contributed by atoms with Crippen molar-refractivity contribution in [2.75, 3.05) is 13.2 Å². The molecule has 0 spiro atoms. The summed E-state index contributed by atoms with van der Waals surface area (Å²) in [6, 6.07) is 0.272. The Labute approximate surface area is 87.1 Å². The molecule has 0 amide bonds. The number of fused-ring (bicyclic) bond motifs is 2. The van der Waals surface area contributed by atoms with Crippen molar-refractivity contribution in [3.05, 3.63) is 0 Å². The summed E-state index contributed by atoms with van der Waals surface area (Å²) in [5.74, 6) is 3.11. The van der Waals surface area contributed by atoms with Crippen LogP contribution in [0.2, 0.25) is 0 Å². The average molecular weight is 197 g/mol. The highest BCUT2D eigenvalue weighted by Gasteiger charge is 2.38. The quantitative estimate of drug-likeness (QED) is 0.704. The van der Waals surface area contributed by atoms with Crippen molar-refractivity contribution in [3.8, 4) is 0 Å². The molecule has 4 atom stereocenters. The number of rotatable bonds is 5. The van der Waals surface area contributed by atoms with Crippen molar-refractivity contribution in [1.82, 2.24) is 5.32 Å². The summed E-state index contributed by atoms with van der Waals surface area (Å²) in [5.41, 5.74) is 0. The SMILES string of the molecule is CC(CO)NCCC1CC2CCC1C2. The van der Waals surface area contributed by atoms with Crippen LogP contribution < -0.4 is 5.32 Å². The van der Waals surface area contributed by atoms with E-state index >= 15 is 0 Å². The number of aliphatic hydroxyl groups excluding tert-OH is 1. The van der Waals surface area contributed by atoms with Crippen LogP contribution in [0.1, 0.15) is 39.0 Å². The van der Waals surface area contributed by atoms with Gasteiger partial charge in [0.1, 0.15) is 0 Å². The molecular formula is C12H23NO. The molecule has 2 heteroatoms. The molecule has 0 aliphatic heterocycles. The van der Waals surface area contributed by atoms with Gasteiger partial charge in [0.15, 0.2) is 0 Å². The molecule has 14 heavy (non-hydrogen) atoms. The third-order valence-corrected chi connectivity index (χ3v) is 4.17. The predicted octanol–water partition coefficient (Wildman–Crippen LogP) is 1.78. The van der Waals surface area contributed by atoms with Gasteiger partial charge in [-0.3, -0.25) is 0 Å². The van der Waals surface area contributed by atoms with E-state index in [2.05, 4.69) is 5.32 Å². The first-order valence-electron chi connectivity index (χ1n) is 6.14. The molecule has 2 fully saturated rings. The highest BCUT2D eigenvalue weighted by atomic mass is 16.3. The highest BCUT2D eigenvalue weighted by molar-refractivity contribution is 4.90. The van der Waals surface area contributed by atoms with E-state index in [1.807, 2.05) is 6.92 Å². The van der Waals surface area contributed by atoms with Gasteiger partial charge in [0.2, 0.25) is 0 Å². The van der Waals surface area contributed by atoms with Gasteiger partial charge in [-0.25, -0.2) is 0 Å². The first kappa shape index (κ1) is 10.4. The first-order valence-corrected chi connectivity index (χ1v) is 6.14. The second-order valence-electron chi connectivity index (χ2n) is 5.26. The van der Waals surface area contributed by atoms with Gasteiger partial charge < -0.3 is 10.4 Å². The van der Waals surface area contributed by atoms with Crippen LogP contribution in [0.5, 0.6) is 0 Å². The van der Waals surface area contributed by atoms with Gasteiger partial charge >= 0.3 is 0 Å². The number of hydrogen-bond donors (Lipinski definition) is 2. The summed E-state index contributed by atoms with van der Waals surface area (Å²) >= 11 is 0. The van der Waals surface area contributed by atoms with Gasteiger partial charge in [-0.2, -0.15) is 0 Å². The molecular weight excluding hydrogens is 174 g/mol. The van der Waals surface area contributed by atoms with Gasteiger partial charge in [0.05, 0.1) is 6.61 Å². The summed E-state index contributed by atoms with van der Waals surface area (Å²) in [7, 11) is 0. The lowest BCUT2D eigenvalue weighted by atomic mass is 9.86. The van der Waals surface area contributed by atoms with E-state index < -0.39 is 0 Å². The monoisotopic (exact) mass is 197 g/mol. The zero-order chi connectivity index (χ0) is 9.97. The van der Waals surface area contributed by atoms with Gasteiger partial charge in [0.25, 0.3) is 0 Å². The molecule has 0 radical (unpaired) electrons. The minimum absolute atomic E-state index is 0.261. The largest absolute Gasteiger partial charge is 0.395 e. The van der Waals surface area contributed by atoms with Crippen LogP contribution >= 0.6 is 0 Å².